The van der Waals surface area contributed by atoms with Gasteiger partial charge in [0.15, 0.2) is 11.5 Å². The molecule has 0 aliphatic carbocycles. The number of rotatable bonds is 4. The molecule has 150 valence electrons. The highest BCUT2D eigenvalue weighted by atomic mass is 16.1. The Hall–Kier alpha value is -4.39. The molecule has 0 aliphatic rings. The molecule has 0 aliphatic heterocycles. The number of anilines is 1. The molecule has 2 aromatic carbocycles. The lowest BCUT2D eigenvalue weighted by Crippen LogP contribution is -2.13. The molecule has 0 unspecified atom stereocenters. The lowest BCUT2D eigenvalue weighted by molar-refractivity contribution is 0.102. The lowest BCUT2D eigenvalue weighted by atomic mass is 10.1. The minimum atomic E-state index is -0.128. The molecule has 0 bridgehead atoms. The highest BCUT2D eigenvalue weighted by molar-refractivity contribution is 6.05. The third-order valence-electron chi connectivity index (χ3n) is 5.03. The molecule has 1 amide bonds. The van der Waals surface area contributed by atoms with E-state index in [9.17, 15) is 4.79 Å². The summed E-state index contributed by atoms with van der Waals surface area (Å²) in [5.74, 6) is 0.526. The largest absolute Gasteiger partial charge is 0.322 e. The zero-order chi connectivity index (χ0) is 21.2. The van der Waals surface area contributed by atoms with Crippen LogP contribution in [-0.4, -0.2) is 30.7 Å². The maximum Gasteiger partial charge on any atom is 0.255 e. The molecule has 0 spiro atoms. The zero-order valence-corrected chi connectivity index (χ0v) is 16.7. The summed E-state index contributed by atoms with van der Waals surface area (Å²) in [5, 5.41) is 16.1. The summed E-state index contributed by atoms with van der Waals surface area (Å²) in [6.07, 6.45) is 3.43. The van der Waals surface area contributed by atoms with Crippen LogP contribution in [-0.2, 0) is 0 Å². The van der Waals surface area contributed by atoms with Gasteiger partial charge in [0.25, 0.3) is 5.91 Å². The van der Waals surface area contributed by atoms with Crippen molar-refractivity contribution in [3.63, 3.8) is 0 Å². The van der Waals surface area contributed by atoms with Crippen LogP contribution in [0.5, 0.6) is 0 Å². The SMILES string of the molecule is Cc1ccccc1C(=O)Nc1ccc(-c2ccc3nnc(-c4ccncc4)n3n2)cc1. The van der Waals surface area contributed by atoms with Gasteiger partial charge in [0.2, 0.25) is 0 Å². The number of amides is 1. The van der Waals surface area contributed by atoms with Crippen LogP contribution in [0.3, 0.4) is 0 Å². The van der Waals surface area contributed by atoms with Gasteiger partial charge in [-0.25, -0.2) is 0 Å². The number of carbonyl (C=O) groups excluding carboxylic acids is 1. The molecule has 0 saturated carbocycles. The summed E-state index contributed by atoms with van der Waals surface area (Å²) in [5.41, 5.74) is 5.58. The predicted octanol–water partition coefficient (Wildman–Crippen LogP) is 4.41. The van der Waals surface area contributed by atoms with Crippen LogP contribution in [0.15, 0.2) is 85.2 Å². The van der Waals surface area contributed by atoms with Crippen LogP contribution in [0.2, 0.25) is 0 Å². The van der Waals surface area contributed by atoms with Crippen molar-refractivity contribution in [1.29, 1.82) is 0 Å². The van der Waals surface area contributed by atoms with Crippen LogP contribution in [0.25, 0.3) is 28.3 Å². The molecular formula is C24H18N6O. The van der Waals surface area contributed by atoms with Crippen LogP contribution in [0.1, 0.15) is 15.9 Å². The zero-order valence-electron chi connectivity index (χ0n) is 16.7. The standard InChI is InChI=1S/C24H18N6O/c1-16-4-2-3-5-20(16)24(31)26-19-8-6-17(7-9-19)21-10-11-22-27-28-23(30(22)29-21)18-12-14-25-15-13-18/h2-15H,1H3,(H,26,31). The molecule has 0 radical (unpaired) electrons. The molecule has 3 heterocycles. The van der Waals surface area contributed by atoms with E-state index in [0.29, 0.717) is 17.0 Å². The minimum Gasteiger partial charge on any atom is -0.322 e. The third kappa shape index (κ3) is 3.64. The van der Waals surface area contributed by atoms with Crippen molar-refractivity contribution >= 4 is 17.2 Å². The number of carbonyl (C=O) groups is 1. The number of nitrogens with zero attached hydrogens (tertiary/aromatic N) is 5. The number of aryl methyl sites for hydroxylation is 1. The van der Waals surface area contributed by atoms with Gasteiger partial charge >= 0.3 is 0 Å². The van der Waals surface area contributed by atoms with Crippen LogP contribution in [0.4, 0.5) is 5.69 Å². The van der Waals surface area contributed by atoms with E-state index in [2.05, 4.69) is 20.5 Å². The van der Waals surface area contributed by atoms with E-state index in [1.807, 2.05) is 79.7 Å². The molecule has 7 heteroatoms. The first kappa shape index (κ1) is 18.6. The van der Waals surface area contributed by atoms with Crippen molar-refractivity contribution in [3.05, 3.63) is 96.3 Å². The molecule has 5 rings (SSSR count). The van der Waals surface area contributed by atoms with Crippen LogP contribution >= 0.6 is 0 Å². The van der Waals surface area contributed by atoms with Gasteiger partial charge in [-0.3, -0.25) is 9.78 Å². The van der Waals surface area contributed by atoms with E-state index in [1.54, 1.807) is 16.9 Å². The summed E-state index contributed by atoms with van der Waals surface area (Å²) in [6.45, 7) is 1.92. The fourth-order valence-corrected chi connectivity index (χ4v) is 3.37. The molecule has 0 fully saturated rings. The summed E-state index contributed by atoms with van der Waals surface area (Å²) in [4.78, 5) is 16.6. The van der Waals surface area contributed by atoms with Crippen molar-refractivity contribution in [2.24, 2.45) is 0 Å². The first-order chi connectivity index (χ1) is 15.2. The first-order valence-corrected chi connectivity index (χ1v) is 9.79. The van der Waals surface area contributed by atoms with E-state index in [-0.39, 0.29) is 5.91 Å². The van der Waals surface area contributed by atoms with Gasteiger partial charge in [-0.05, 0) is 55.0 Å². The van der Waals surface area contributed by atoms with Gasteiger partial charge in [0.1, 0.15) is 0 Å². The summed E-state index contributed by atoms with van der Waals surface area (Å²) in [6, 6.07) is 22.6. The maximum absolute atomic E-state index is 12.5. The third-order valence-corrected chi connectivity index (χ3v) is 5.03. The summed E-state index contributed by atoms with van der Waals surface area (Å²) < 4.78 is 1.72. The fourth-order valence-electron chi connectivity index (χ4n) is 3.37. The Kier molecular flexibility index (Phi) is 4.68. The highest BCUT2D eigenvalue weighted by Crippen LogP contribution is 2.23. The van der Waals surface area contributed by atoms with Crippen molar-refractivity contribution < 1.29 is 4.79 Å². The minimum absolute atomic E-state index is 0.128. The molecule has 1 N–H and O–H groups in total. The second-order valence-electron chi connectivity index (χ2n) is 7.09. The molecule has 31 heavy (non-hydrogen) atoms. The Morgan fingerprint density at radius 3 is 2.39 bits per heavy atom. The van der Waals surface area contributed by atoms with Crippen molar-refractivity contribution in [2.75, 3.05) is 5.32 Å². The Balaban J connectivity index is 1.42. The van der Waals surface area contributed by atoms with Gasteiger partial charge in [0, 0.05) is 34.8 Å². The number of nitrogens with one attached hydrogen (secondary N) is 1. The highest BCUT2D eigenvalue weighted by Gasteiger charge is 2.12. The van der Waals surface area contributed by atoms with E-state index < -0.39 is 0 Å². The van der Waals surface area contributed by atoms with Crippen molar-refractivity contribution in [2.45, 2.75) is 6.92 Å². The number of pyridine rings is 1. The monoisotopic (exact) mass is 406 g/mol. The Morgan fingerprint density at radius 1 is 0.839 bits per heavy atom. The van der Waals surface area contributed by atoms with E-state index >= 15 is 0 Å². The van der Waals surface area contributed by atoms with E-state index in [0.717, 1.165) is 28.1 Å². The number of aromatic nitrogens is 5. The maximum atomic E-state index is 12.5. The number of fused-ring (bicyclic) bond motifs is 1. The van der Waals surface area contributed by atoms with Crippen LogP contribution < -0.4 is 5.32 Å². The normalized spacial score (nSPS) is 10.9. The fraction of sp³-hybridized carbons (Fsp3) is 0.0417. The predicted molar refractivity (Wildman–Crippen MR) is 119 cm³/mol. The van der Waals surface area contributed by atoms with Gasteiger partial charge < -0.3 is 5.32 Å². The lowest BCUT2D eigenvalue weighted by Gasteiger charge is -2.08. The van der Waals surface area contributed by atoms with Gasteiger partial charge in [-0.1, -0.05) is 30.3 Å². The molecule has 0 saturated heterocycles. The average Bonchev–Trinajstić information content (AvgIpc) is 3.24. The van der Waals surface area contributed by atoms with E-state index in [4.69, 9.17) is 5.10 Å². The van der Waals surface area contributed by atoms with E-state index in [1.165, 1.54) is 0 Å². The Morgan fingerprint density at radius 2 is 1.61 bits per heavy atom. The molecule has 7 nitrogen and oxygen atoms in total. The van der Waals surface area contributed by atoms with Crippen molar-refractivity contribution in [3.8, 4) is 22.6 Å². The number of hydrogen-bond acceptors (Lipinski definition) is 5. The summed E-state index contributed by atoms with van der Waals surface area (Å²) >= 11 is 0. The second kappa shape index (κ2) is 7.79. The van der Waals surface area contributed by atoms with Gasteiger partial charge in [-0.15, -0.1) is 10.2 Å². The Labute approximate surface area is 178 Å². The molecule has 3 aromatic heterocycles. The second-order valence-corrected chi connectivity index (χ2v) is 7.09. The smallest absolute Gasteiger partial charge is 0.255 e. The molecular weight excluding hydrogens is 388 g/mol. The average molecular weight is 406 g/mol. The summed E-state index contributed by atoms with van der Waals surface area (Å²) in [7, 11) is 0. The van der Waals surface area contributed by atoms with Crippen molar-refractivity contribution in [1.82, 2.24) is 24.8 Å². The van der Waals surface area contributed by atoms with Gasteiger partial charge in [-0.2, -0.15) is 9.61 Å². The molecule has 0 atom stereocenters. The quantitative estimate of drug-likeness (QED) is 0.478. The van der Waals surface area contributed by atoms with Gasteiger partial charge in [0.05, 0.1) is 5.69 Å². The molecule has 5 aromatic rings. The Bertz CT molecular complexity index is 1380. The topological polar surface area (TPSA) is 85.1 Å². The number of benzene rings is 2. The van der Waals surface area contributed by atoms with Crippen LogP contribution in [0, 0.1) is 6.92 Å². The first-order valence-electron chi connectivity index (χ1n) is 9.79. The number of hydrogen-bond donors (Lipinski definition) is 1.